The van der Waals surface area contributed by atoms with E-state index in [2.05, 4.69) is 0 Å². The first-order chi connectivity index (χ1) is 6.88. The lowest BCUT2D eigenvalue weighted by Gasteiger charge is -2.05. The van der Waals surface area contributed by atoms with Crippen LogP contribution in [0, 0.1) is 17.5 Å². The van der Waals surface area contributed by atoms with Crippen LogP contribution in [-0.2, 0) is 10.0 Å². The summed E-state index contributed by atoms with van der Waals surface area (Å²) in [4.78, 5) is -0.900. The van der Waals surface area contributed by atoms with E-state index in [9.17, 15) is 21.6 Å². The Kier molecular flexibility index (Phi) is 3.35. The van der Waals surface area contributed by atoms with Gasteiger partial charge in [-0.2, -0.15) is 0 Å². The predicted octanol–water partition coefficient (Wildman–Crippen LogP) is 1.40. The van der Waals surface area contributed by atoms with Crippen molar-refractivity contribution in [1.82, 2.24) is 4.72 Å². The molecule has 0 unspecified atom stereocenters. The molecule has 0 aromatic heterocycles. The molecule has 0 bridgehead atoms. The van der Waals surface area contributed by atoms with Gasteiger partial charge in [-0.3, -0.25) is 0 Å². The summed E-state index contributed by atoms with van der Waals surface area (Å²) in [7, 11) is -4.11. The Balaban J connectivity index is 3.33. The lowest BCUT2D eigenvalue weighted by molar-refractivity contribution is 0.481. The summed E-state index contributed by atoms with van der Waals surface area (Å²) in [5.41, 5.74) is 0. The minimum Gasteiger partial charge on any atom is -0.211 e. The Bertz CT molecular complexity index is 473. The first-order valence-corrected chi connectivity index (χ1v) is 5.51. The zero-order chi connectivity index (χ0) is 11.6. The number of halogens is 3. The van der Waals surface area contributed by atoms with Gasteiger partial charge in [-0.25, -0.2) is 26.3 Å². The van der Waals surface area contributed by atoms with Crippen LogP contribution < -0.4 is 4.72 Å². The summed E-state index contributed by atoms with van der Waals surface area (Å²) in [5.74, 6) is -4.16. The molecule has 0 aliphatic rings. The molecule has 0 radical (unpaired) electrons. The third-order valence-electron chi connectivity index (χ3n) is 1.60. The van der Waals surface area contributed by atoms with Gasteiger partial charge in [0, 0.05) is 12.6 Å². The van der Waals surface area contributed by atoms with Crippen molar-refractivity contribution in [3.8, 4) is 0 Å². The Hall–Kier alpha value is -1.08. The number of hydrogen-bond acceptors (Lipinski definition) is 2. The van der Waals surface area contributed by atoms with Gasteiger partial charge >= 0.3 is 0 Å². The maximum atomic E-state index is 13.0. The van der Waals surface area contributed by atoms with Crippen LogP contribution in [0.4, 0.5) is 13.2 Å². The highest BCUT2D eigenvalue weighted by molar-refractivity contribution is 7.89. The Morgan fingerprint density at radius 3 is 2.20 bits per heavy atom. The monoisotopic (exact) mass is 239 g/mol. The second-order valence-corrected chi connectivity index (χ2v) is 4.43. The molecule has 0 saturated carbocycles. The van der Waals surface area contributed by atoms with Gasteiger partial charge < -0.3 is 0 Å². The number of hydrogen-bond donors (Lipinski definition) is 1. The molecule has 1 aromatic carbocycles. The van der Waals surface area contributed by atoms with E-state index in [1.807, 2.05) is 4.72 Å². The Labute approximate surface area is 85.0 Å². The standard InChI is InChI=1S/C8H8F3NO2S/c1-2-12-15(13,14)8-4-6(10)5(9)3-7(8)11/h3-4,12H,2H2,1H3. The summed E-state index contributed by atoms with van der Waals surface area (Å²) in [6.07, 6.45) is 0. The average Bonchev–Trinajstić information content (AvgIpc) is 2.11. The molecule has 0 atom stereocenters. The molecule has 0 fully saturated rings. The lowest BCUT2D eigenvalue weighted by Crippen LogP contribution is -2.24. The third-order valence-corrected chi connectivity index (χ3v) is 3.16. The van der Waals surface area contributed by atoms with Gasteiger partial charge in [0.25, 0.3) is 0 Å². The van der Waals surface area contributed by atoms with Crippen molar-refractivity contribution < 1.29 is 21.6 Å². The maximum absolute atomic E-state index is 13.0. The molecule has 3 nitrogen and oxygen atoms in total. The fourth-order valence-electron chi connectivity index (χ4n) is 0.978. The molecular formula is C8H8F3NO2S. The highest BCUT2D eigenvalue weighted by Gasteiger charge is 2.20. The summed E-state index contributed by atoms with van der Waals surface area (Å²) in [5, 5.41) is 0. The van der Waals surface area contributed by atoms with E-state index in [0.29, 0.717) is 6.07 Å². The molecule has 0 spiro atoms. The van der Waals surface area contributed by atoms with Crippen LogP contribution in [0.2, 0.25) is 0 Å². The highest BCUT2D eigenvalue weighted by Crippen LogP contribution is 2.18. The second-order valence-electron chi connectivity index (χ2n) is 2.70. The zero-order valence-corrected chi connectivity index (χ0v) is 8.54. The van der Waals surface area contributed by atoms with Crippen molar-refractivity contribution in [2.45, 2.75) is 11.8 Å². The van der Waals surface area contributed by atoms with Crippen molar-refractivity contribution in [2.24, 2.45) is 0 Å². The molecule has 0 aliphatic carbocycles. The Morgan fingerprint density at radius 2 is 1.67 bits per heavy atom. The van der Waals surface area contributed by atoms with E-state index >= 15 is 0 Å². The van der Waals surface area contributed by atoms with E-state index in [0.717, 1.165) is 0 Å². The van der Waals surface area contributed by atoms with Crippen molar-refractivity contribution in [3.63, 3.8) is 0 Å². The molecule has 1 rings (SSSR count). The zero-order valence-electron chi connectivity index (χ0n) is 7.72. The van der Waals surface area contributed by atoms with Crippen LogP contribution in [0.1, 0.15) is 6.92 Å². The third kappa shape index (κ3) is 2.48. The molecule has 15 heavy (non-hydrogen) atoms. The van der Waals surface area contributed by atoms with Crippen molar-refractivity contribution in [3.05, 3.63) is 29.6 Å². The molecule has 1 aromatic rings. The van der Waals surface area contributed by atoms with E-state index < -0.39 is 32.4 Å². The van der Waals surface area contributed by atoms with Gasteiger partial charge in [-0.05, 0) is 6.07 Å². The van der Waals surface area contributed by atoms with Gasteiger partial charge in [-0.1, -0.05) is 6.92 Å². The molecule has 0 amide bonds. The summed E-state index contributed by atoms with van der Waals surface area (Å²) >= 11 is 0. The van der Waals surface area contributed by atoms with Crippen molar-refractivity contribution in [1.29, 1.82) is 0 Å². The molecular weight excluding hydrogens is 231 g/mol. The smallest absolute Gasteiger partial charge is 0.211 e. The van der Waals surface area contributed by atoms with Crippen molar-refractivity contribution >= 4 is 10.0 Å². The molecule has 7 heteroatoms. The first kappa shape index (κ1) is 12.0. The minimum atomic E-state index is -4.11. The summed E-state index contributed by atoms with van der Waals surface area (Å²) in [6.45, 7) is 1.51. The van der Waals surface area contributed by atoms with Crippen LogP contribution in [0.15, 0.2) is 17.0 Å². The SMILES string of the molecule is CCNS(=O)(=O)c1cc(F)c(F)cc1F. The summed E-state index contributed by atoms with van der Waals surface area (Å²) < 4.78 is 62.7. The largest absolute Gasteiger partial charge is 0.243 e. The Morgan fingerprint density at radius 1 is 1.13 bits per heavy atom. The lowest BCUT2D eigenvalue weighted by atomic mass is 10.3. The van der Waals surface area contributed by atoms with Crippen LogP contribution in [0.5, 0.6) is 0 Å². The fourth-order valence-corrected chi connectivity index (χ4v) is 2.09. The van der Waals surface area contributed by atoms with E-state index in [-0.39, 0.29) is 12.6 Å². The van der Waals surface area contributed by atoms with Crippen molar-refractivity contribution in [2.75, 3.05) is 6.54 Å². The van der Waals surface area contributed by atoms with E-state index in [1.54, 1.807) is 0 Å². The number of sulfonamides is 1. The minimum absolute atomic E-state index is 0.0285. The van der Waals surface area contributed by atoms with Crippen LogP contribution in [0.3, 0.4) is 0 Å². The average molecular weight is 239 g/mol. The van der Waals surface area contributed by atoms with E-state index in [4.69, 9.17) is 0 Å². The van der Waals surface area contributed by atoms with Gasteiger partial charge in [0.1, 0.15) is 10.7 Å². The quantitative estimate of drug-likeness (QED) is 0.810. The predicted molar refractivity (Wildman–Crippen MR) is 47.2 cm³/mol. The second kappa shape index (κ2) is 4.19. The normalized spacial score (nSPS) is 11.7. The highest BCUT2D eigenvalue weighted by atomic mass is 32.2. The number of rotatable bonds is 3. The summed E-state index contributed by atoms with van der Waals surface area (Å²) in [6, 6.07) is 0.502. The molecule has 0 aliphatic heterocycles. The van der Waals surface area contributed by atoms with Gasteiger partial charge in [0.2, 0.25) is 10.0 Å². The van der Waals surface area contributed by atoms with Crippen LogP contribution in [-0.4, -0.2) is 15.0 Å². The van der Waals surface area contributed by atoms with E-state index in [1.165, 1.54) is 6.92 Å². The van der Waals surface area contributed by atoms with Gasteiger partial charge in [0.05, 0.1) is 0 Å². The molecule has 0 heterocycles. The maximum Gasteiger partial charge on any atom is 0.243 e. The fraction of sp³-hybridized carbons (Fsp3) is 0.250. The first-order valence-electron chi connectivity index (χ1n) is 4.02. The molecule has 0 saturated heterocycles. The molecule has 1 N–H and O–H groups in total. The number of benzene rings is 1. The topological polar surface area (TPSA) is 46.2 Å². The van der Waals surface area contributed by atoms with Crippen LogP contribution >= 0.6 is 0 Å². The van der Waals surface area contributed by atoms with Gasteiger partial charge in [0.15, 0.2) is 11.6 Å². The number of nitrogens with one attached hydrogen (secondary N) is 1. The van der Waals surface area contributed by atoms with Gasteiger partial charge in [-0.15, -0.1) is 0 Å². The van der Waals surface area contributed by atoms with Crippen LogP contribution in [0.25, 0.3) is 0 Å². The molecule has 84 valence electrons.